The van der Waals surface area contributed by atoms with E-state index < -0.39 is 17.9 Å². The number of aliphatic carboxylic acids is 1. The van der Waals surface area contributed by atoms with Crippen LogP contribution in [0, 0.1) is 13.8 Å². The number of fused-ring (bicyclic) bond motifs is 8. The number of hydrogen-bond acceptors (Lipinski definition) is 7. The molecule has 8 bridgehead atoms. The Morgan fingerprint density at radius 1 is 1.02 bits per heavy atom. The molecule has 0 unspecified atom stereocenters. The first kappa shape index (κ1) is 29.2. The van der Waals surface area contributed by atoms with Crippen LogP contribution in [0.1, 0.15) is 97.3 Å². The molecule has 2 aliphatic heterocycles. The van der Waals surface area contributed by atoms with Crippen LogP contribution in [0.5, 0.6) is 0 Å². The first-order chi connectivity index (χ1) is 21.0. The van der Waals surface area contributed by atoms with Crippen LogP contribution in [0.25, 0.3) is 45.2 Å². The van der Waals surface area contributed by atoms with Crippen LogP contribution >= 0.6 is 0 Å². The third-order valence-electron chi connectivity index (χ3n) is 9.52. The fourth-order valence-electron chi connectivity index (χ4n) is 7.02. The van der Waals surface area contributed by atoms with Gasteiger partial charge >= 0.3 is 11.9 Å². The molecule has 5 heterocycles. The summed E-state index contributed by atoms with van der Waals surface area (Å²) in [5, 5.41) is 32.5. The number of aromatic nitrogens is 4. The standard InChI is InChI=1S/C34H36N4O6/c1-7-18-14(2)22-11-26-20(13-39)16(4)21(36-26)10-23-15(3)19(8-9-27(40)41)31(37-23)29-30(34(43)44-6)33(42)28-17(5)24(38-32(28)29)12-25(18)35-22/h10-13,15,19,30,36,38-39,42H,7-9H2,1-6H3,(H,40,41)/t15-,19-,30+/m0/s1. The molecule has 1 aliphatic carbocycles. The normalized spacial score (nSPS) is 19.6. The average molecular weight is 597 g/mol. The van der Waals surface area contributed by atoms with Gasteiger partial charge in [0.1, 0.15) is 11.7 Å². The number of esters is 1. The lowest BCUT2D eigenvalue weighted by Crippen LogP contribution is -2.18. The smallest absolute Gasteiger partial charge is 0.321 e. The maximum Gasteiger partial charge on any atom is 0.321 e. The Hall–Kier alpha value is -4.86. The molecule has 0 saturated carbocycles. The second kappa shape index (κ2) is 10.7. The number of aliphatic hydroxyl groups is 2. The first-order valence-corrected chi connectivity index (χ1v) is 14.8. The van der Waals surface area contributed by atoms with Gasteiger partial charge in [-0.05, 0) is 74.1 Å². The van der Waals surface area contributed by atoms with Gasteiger partial charge in [-0.2, -0.15) is 0 Å². The molecule has 3 aliphatic rings. The minimum Gasteiger partial charge on any atom is -0.515 e. The van der Waals surface area contributed by atoms with Crippen molar-refractivity contribution >= 4 is 57.2 Å². The number of nitrogens with zero attached hydrogens (tertiary/aromatic N) is 2. The lowest BCUT2D eigenvalue weighted by molar-refractivity contribution is -0.141. The van der Waals surface area contributed by atoms with Crippen LogP contribution in [-0.4, -0.2) is 54.3 Å². The van der Waals surface area contributed by atoms with Gasteiger partial charge in [0.15, 0.2) is 0 Å². The maximum atomic E-state index is 13.2. The SMILES string of the molecule is CCC1=C(C)c2cc3[nH]c(cc4nc(c5c6[nH]c(cc1n2)c(C)c6=C(O)[C@@H]5C(=O)OC)[C@@H](CCC(=O)O)[C@@H]4C)c(C)c3=CO. The topological polar surface area (TPSA) is 161 Å². The summed E-state index contributed by atoms with van der Waals surface area (Å²) in [6.07, 6.45) is 2.03. The number of ether oxygens (including phenoxy) is 1. The number of aromatic amines is 2. The quantitative estimate of drug-likeness (QED) is 0.249. The van der Waals surface area contributed by atoms with Crippen molar-refractivity contribution in [2.24, 2.45) is 0 Å². The second-order valence-electron chi connectivity index (χ2n) is 11.8. The molecule has 5 N–H and O–H groups in total. The van der Waals surface area contributed by atoms with E-state index in [1.54, 1.807) is 0 Å². The number of aliphatic hydroxyl groups excluding tert-OH is 2. The Bertz CT molecular complexity index is 2080. The first-order valence-electron chi connectivity index (χ1n) is 14.8. The van der Waals surface area contributed by atoms with Gasteiger partial charge < -0.3 is 30.0 Å². The van der Waals surface area contributed by atoms with Crippen molar-refractivity contribution in [2.75, 3.05) is 7.11 Å². The van der Waals surface area contributed by atoms with Crippen LogP contribution in [0.15, 0.2) is 18.2 Å². The maximum absolute atomic E-state index is 13.2. The number of carboxylic acids is 1. The largest absolute Gasteiger partial charge is 0.515 e. The van der Waals surface area contributed by atoms with E-state index in [4.69, 9.17) is 14.7 Å². The van der Waals surface area contributed by atoms with Crippen LogP contribution in [0.3, 0.4) is 0 Å². The Morgan fingerprint density at radius 2 is 1.73 bits per heavy atom. The van der Waals surface area contributed by atoms with Crippen LogP contribution < -0.4 is 10.4 Å². The Labute approximate surface area is 253 Å². The number of allylic oxidation sites excluding steroid dienone is 2. The van der Waals surface area contributed by atoms with Gasteiger partial charge in [-0.15, -0.1) is 0 Å². The summed E-state index contributed by atoms with van der Waals surface area (Å²) in [6.45, 7) is 9.89. The molecule has 10 nitrogen and oxygen atoms in total. The Morgan fingerprint density at radius 3 is 2.39 bits per heavy atom. The highest BCUT2D eigenvalue weighted by Crippen LogP contribution is 2.46. The molecule has 0 fully saturated rings. The molecule has 0 aromatic carbocycles. The molecule has 0 saturated heterocycles. The molecule has 3 atom stereocenters. The number of aryl methyl sites for hydroxylation is 2. The van der Waals surface area contributed by atoms with Crippen molar-refractivity contribution in [2.45, 2.75) is 71.6 Å². The molecule has 0 radical (unpaired) electrons. The van der Waals surface area contributed by atoms with E-state index in [2.05, 4.69) is 16.9 Å². The number of hydrogen-bond donors (Lipinski definition) is 5. The van der Waals surface area contributed by atoms with Crippen LogP contribution in [0.2, 0.25) is 0 Å². The molecule has 0 amide bonds. The highest BCUT2D eigenvalue weighted by atomic mass is 16.5. The number of carboxylic acid groups (broad SMARTS) is 1. The van der Waals surface area contributed by atoms with Crippen LogP contribution in [0.4, 0.5) is 0 Å². The molecule has 3 aromatic heterocycles. The van der Waals surface area contributed by atoms with Crippen molar-refractivity contribution in [3.8, 4) is 0 Å². The molecular formula is C34H36N4O6. The summed E-state index contributed by atoms with van der Waals surface area (Å²) in [5.74, 6) is -3.33. The number of methoxy groups -OCH3 is 1. The summed E-state index contributed by atoms with van der Waals surface area (Å²) in [6, 6.07) is 5.81. The van der Waals surface area contributed by atoms with E-state index in [0.29, 0.717) is 38.4 Å². The fraction of sp³-hybridized carbons (Fsp3) is 0.353. The predicted octanol–water partition coefficient (Wildman–Crippen LogP) is 5.26. The highest BCUT2D eigenvalue weighted by molar-refractivity contribution is 5.97. The van der Waals surface area contributed by atoms with Crippen molar-refractivity contribution < 1.29 is 29.6 Å². The molecule has 10 heteroatoms. The Balaban J connectivity index is 1.84. The number of carbonyl (C=O) groups excluding carboxylic acids is 1. The molecule has 44 heavy (non-hydrogen) atoms. The van der Waals surface area contributed by atoms with Gasteiger partial charge in [0.25, 0.3) is 0 Å². The van der Waals surface area contributed by atoms with Gasteiger partial charge in [-0.3, -0.25) is 14.6 Å². The van der Waals surface area contributed by atoms with Gasteiger partial charge in [0.05, 0.1) is 41.5 Å². The van der Waals surface area contributed by atoms with Gasteiger partial charge in [-0.25, -0.2) is 4.98 Å². The van der Waals surface area contributed by atoms with Crippen molar-refractivity contribution in [3.63, 3.8) is 0 Å². The molecule has 0 spiro atoms. The summed E-state index contributed by atoms with van der Waals surface area (Å²) < 4.78 is 5.16. The summed E-state index contributed by atoms with van der Waals surface area (Å²) >= 11 is 0. The lowest BCUT2D eigenvalue weighted by Gasteiger charge is -2.19. The van der Waals surface area contributed by atoms with Crippen molar-refractivity contribution in [3.05, 3.63) is 68.1 Å². The van der Waals surface area contributed by atoms with Gasteiger partial charge in [0, 0.05) is 51.0 Å². The Kier molecular flexibility index (Phi) is 7.10. The average Bonchev–Trinajstić information content (AvgIpc) is 3.72. The van der Waals surface area contributed by atoms with E-state index in [1.807, 2.05) is 45.9 Å². The zero-order chi connectivity index (χ0) is 31.6. The number of carbonyl (C=O) groups is 2. The van der Waals surface area contributed by atoms with Gasteiger partial charge in [-0.1, -0.05) is 13.8 Å². The minimum absolute atomic E-state index is 0.0863. The minimum atomic E-state index is -1.10. The lowest BCUT2D eigenvalue weighted by atomic mass is 9.84. The monoisotopic (exact) mass is 596 g/mol. The van der Waals surface area contributed by atoms with E-state index in [0.717, 1.165) is 57.4 Å². The van der Waals surface area contributed by atoms with Crippen molar-refractivity contribution in [1.29, 1.82) is 0 Å². The third kappa shape index (κ3) is 4.31. The van der Waals surface area contributed by atoms with Crippen LogP contribution in [-0.2, 0) is 14.3 Å². The zero-order valence-corrected chi connectivity index (χ0v) is 25.6. The fourth-order valence-corrected chi connectivity index (χ4v) is 7.02. The predicted molar refractivity (Wildman–Crippen MR) is 168 cm³/mol. The number of H-pyrrole nitrogens is 2. The third-order valence-corrected chi connectivity index (χ3v) is 9.52. The number of nitrogens with one attached hydrogen (secondary N) is 2. The molecule has 228 valence electrons. The highest BCUT2D eigenvalue weighted by Gasteiger charge is 2.41. The van der Waals surface area contributed by atoms with E-state index >= 15 is 0 Å². The van der Waals surface area contributed by atoms with Gasteiger partial charge in [0.2, 0.25) is 0 Å². The number of rotatable bonds is 5. The summed E-state index contributed by atoms with van der Waals surface area (Å²) in [7, 11) is 1.28. The molecule has 6 rings (SSSR count). The molecule has 3 aromatic rings. The second-order valence-corrected chi connectivity index (χ2v) is 11.8. The zero-order valence-electron chi connectivity index (χ0n) is 25.6. The van der Waals surface area contributed by atoms with E-state index in [-0.39, 0.29) is 30.4 Å². The van der Waals surface area contributed by atoms with E-state index in [9.17, 15) is 24.9 Å². The summed E-state index contributed by atoms with van der Waals surface area (Å²) in [5.41, 5.74) is 9.73. The van der Waals surface area contributed by atoms with Crippen molar-refractivity contribution in [1.82, 2.24) is 19.9 Å². The molecular weight excluding hydrogens is 560 g/mol. The van der Waals surface area contributed by atoms with E-state index in [1.165, 1.54) is 7.11 Å². The summed E-state index contributed by atoms with van der Waals surface area (Å²) in [4.78, 5) is 41.9.